The van der Waals surface area contributed by atoms with Crippen LogP contribution in [0.3, 0.4) is 0 Å². The minimum atomic E-state index is 0. The summed E-state index contributed by atoms with van der Waals surface area (Å²) in [6.07, 6.45) is 6.73. The summed E-state index contributed by atoms with van der Waals surface area (Å²) in [5.41, 5.74) is 9.05. The maximum absolute atomic E-state index is 13.1. The van der Waals surface area contributed by atoms with Gasteiger partial charge in [0.15, 0.2) is 0 Å². The summed E-state index contributed by atoms with van der Waals surface area (Å²) in [6, 6.07) is 6.69. The van der Waals surface area contributed by atoms with E-state index in [-0.39, 0.29) is 18.3 Å². The van der Waals surface area contributed by atoms with E-state index in [9.17, 15) is 4.79 Å². The molecule has 2 unspecified atom stereocenters. The first-order valence-corrected chi connectivity index (χ1v) is 9.73. The third-order valence-electron chi connectivity index (χ3n) is 6.29. The Labute approximate surface area is 158 Å². The third kappa shape index (κ3) is 3.25. The molecule has 3 aliphatic rings. The number of carbonyl (C=O) groups is 1. The highest BCUT2D eigenvalue weighted by molar-refractivity contribution is 9.10. The van der Waals surface area contributed by atoms with E-state index in [1.54, 1.807) is 0 Å². The lowest BCUT2D eigenvalue weighted by molar-refractivity contribution is -0.139. The molecule has 2 saturated carbocycles. The molecule has 5 heteroatoms. The Hall–Kier alpha value is -0.580. The zero-order valence-electron chi connectivity index (χ0n) is 13.9. The van der Waals surface area contributed by atoms with E-state index < -0.39 is 0 Å². The quantitative estimate of drug-likeness (QED) is 0.759. The first-order chi connectivity index (χ1) is 11.1. The van der Waals surface area contributed by atoms with Gasteiger partial charge in [-0.2, -0.15) is 0 Å². The van der Waals surface area contributed by atoms with Crippen LogP contribution >= 0.6 is 28.3 Å². The van der Waals surface area contributed by atoms with Crippen LogP contribution in [0.2, 0.25) is 0 Å². The number of benzene rings is 1. The third-order valence-corrected chi connectivity index (χ3v) is 7.03. The van der Waals surface area contributed by atoms with Crippen LogP contribution in [-0.2, 0) is 17.8 Å². The van der Waals surface area contributed by atoms with Crippen molar-refractivity contribution in [3.63, 3.8) is 0 Å². The van der Waals surface area contributed by atoms with Gasteiger partial charge in [-0.05, 0) is 61.1 Å². The summed E-state index contributed by atoms with van der Waals surface area (Å²) in [5, 5.41) is 0. The summed E-state index contributed by atoms with van der Waals surface area (Å²) in [5.74, 6) is 1.71. The fraction of sp³-hybridized carbons (Fsp3) is 0.632. The van der Waals surface area contributed by atoms with E-state index in [1.807, 2.05) is 0 Å². The highest BCUT2D eigenvalue weighted by Gasteiger charge is 2.41. The second-order valence-corrected chi connectivity index (χ2v) is 8.44. The molecule has 1 heterocycles. The van der Waals surface area contributed by atoms with Crippen molar-refractivity contribution in [3.8, 4) is 0 Å². The van der Waals surface area contributed by atoms with Crippen LogP contribution in [-0.4, -0.2) is 23.4 Å². The fourth-order valence-corrected chi connectivity index (χ4v) is 5.51. The smallest absolute Gasteiger partial charge is 0.226 e. The maximum Gasteiger partial charge on any atom is 0.226 e. The van der Waals surface area contributed by atoms with Crippen LogP contribution in [0.25, 0.3) is 0 Å². The van der Waals surface area contributed by atoms with Gasteiger partial charge < -0.3 is 10.6 Å². The SMILES string of the molecule is Cl.NC1C2CCCC1CC(C(=O)N1CCc3cccc(Br)c3C1)C2. The molecule has 1 amide bonds. The van der Waals surface area contributed by atoms with Crippen molar-refractivity contribution >= 4 is 34.2 Å². The molecular formula is C19H26BrClN2O. The normalized spacial score (nSPS) is 31.8. The molecule has 0 aromatic heterocycles. The Morgan fingerprint density at radius 2 is 1.92 bits per heavy atom. The number of nitrogens with zero attached hydrogens (tertiary/aromatic N) is 1. The van der Waals surface area contributed by atoms with Gasteiger partial charge in [0, 0.05) is 29.5 Å². The van der Waals surface area contributed by atoms with Gasteiger partial charge in [-0.3, -0.25) is 4.79 Å². The van der Waals surface area contributed by atoms with Gasteiger partial charge >= 0.3 is 0 Å². The minimum Gasteiger partial charge on any atom is -0.338 e. The molecule has 2 atom stereocenters. The van der Waals surface area contributed by atoms with E-state index in [2.05, 4.69) is 39.0 Å². The van der Waals surface area contributed by atoms with Crippen LogP contribution in [0, 0.1) is 17.8 Å². The van der Waals surface area contributed by atoms with Gasteiger partial charge in [-0.1, -0.05) is 34.5 Å². The monoisotopic (exact) mass is 412 g/mol. The maximum atomic E-state index is 13.1. The lowest BCUT2D eigenvalue weighted by Gasteiger charge is -2.45. The van der Waals surface area contributed by atoms with E-state index in [1.165, 1.54) is 30.4 Å². The molecule has 2 N–H and O–H groups in total. The first kappa shape index (κ1) is 18.2. The predicted molar refractivity (Wildman–Crippen MR) is 102 cm³/mol. The summed E-state index contributed by atoms with van der Waals surface area (Å²) >= 11 is 3.65. The molecule has 0 radical (unpaired) electrons. The lowest BCUT2D eigenvalue weighted by Crippen LogP contribution is -2.50. The molecule has 4 rings (SSSR count). The van der Waals surface area contributed by atoms with Gasteiger partial charge in [0.1, 0.15) is 0 Å². The molecule has 1 aromatic rings. The molecule has 0 spiro atoms. The summed E-state index contributed by atoms with van der Waals surface area (Å²) in [7, 11) is 0. The molecule has 3 nitrogen and oxygen atoms in total. The van der Waals surface area contributed by atoms with Crippen molar-refractivity contribution in [2.45, 2.75) is 51.1 Å². The number of rotatable bonds is 1. The van der Waals surface area contributed by atoms with Crippen molar-refractivity contribution in [1.29, 1.82) is 0 Å². The van der Waals surface area contributed by atoms with Crippen molar-refractivity contribution in [2.24, 2.45) is 23.5 Å². The molecule has 2 fully saturated rings. The Kier molecular flexibility index (Phi) is 5.58. The molecule has 132 valence electrons. The number of hydrogen-bond donors (Lipinski definition) is 1. The summed E-state index contributed by atoms with van der Waals surface area (Å²) in [4.78, 5) is 15.2. The number of fused-ring (bicyclic) bond motifs is 3. The predicted octanol–water partition coefficient (Wildman–Crippen LogP) is 3.91. The molecule has 24 heavy (non-hydrogen) atoms. The van der Waals surface area contributed by atoms with Gasteiger partial charge in [0.2, 0.25) is 5.91 Å². The number of nitrogens with two attached hydrogens (primary N) is 1. The second-order valence-electron chi connectivity index (χ2n) is 7.58. The number of carbonyl (C=O) groups excluding carboxylic acids is 1. The van der Waals surface area contributed by atoms with Gasteiger partial charge in [-0.15, -0.1) is 12.4 Å². The Balaban J connectivity index is 0.00000169. The lowest BCUT2D eigenvalue weighted by atomic mass is 9.65. The average molecular weight is 414 g/mol. The van der Waals surface area contributed by atoms with Crippen LogP contribution in [0.15, 0.2) is 22.7 Å². The van der Waals surface area contributed by atoms with Crippen molar-refractivity contribution < 1.29 is 4.79 Å². The zero-order valence-corrected chi connectivity index (χ0v) is 16.3. The molecular weight excluding hydrogens is 388 g/mol. The topological polar surface area (TPSA) is 46.3 Å². The van der Waals surface area contributed by atoms with Gasteiger partial charge in [0.25, 0.3) is 0 Å². The average Bonchev–Trinajstić information content (AvgIpc) is 2.54. The van der Waals surface area contributed by atoms with Crippen LogP contribution in [0.5, 0.6) is 0 Å². The molecule has 1 aliphatic heterocycles. The highest BCUT2D eigenvalue weighted by Crippen LogP contribution is 2.42. The largest absolute Gasteiger partial charge is 0.338 e. The van der Waals surface area contributed by atoms with Crippen molar-refractivity contribution in [3.05, 3.63) is 33.8 Å². The fourth-order valence-electron chi connectivity index (χ4n) is 4.98. The summed E-state index contributed by atoms with van der Waals surface area (Å²) < 4.78 is 1.13. The standard InChI is InChI=1S/C19H25BrN2O.ClH/c20-17-6-2-3-12-7-8-22(11-16(12)17)19(23)15-9-13-4-1-5-14(10-15)18(13)21;/h2-3,6,13-15,18H,1,4-5,7-11,21H2;1H. The van der Waals surface area contributed by atoms with Crippen molar-refractivity contribution in [1.82, 2.24) is 4.90 Å². The van der Waals surface area contributed by atoms with E-state index in [0.29, 0.717) is 23.8 Å². The number of amides is 1. The Morgan fingerprint density at radius 1 is 1.21 bits per heavy atom. The van der Waals surface area contributed by atoms with E-state index in [0.717, 1.165) is 36.8 Å². The zero-order chi connectivity index (χ0) is 16.0. The summed E-state index contributed by atoms with van der Waals surface area (Å²) in [6.45, 7) is 1.62. The number of halogens is 2. The highest BCUT2D eigenvalue weighted by atomic mass is 79.9. The Bertz CT molecular complexity index is 609. The van der Waals surface area contributed by atoms with Crippen LogP contribution in [0.1, 0.15) is 43.2 Å². The minimum absolute atomic E-state index is 0. The first-order valence-electron chi connectivity index (χ1n) is 8.94. The number of hydrogen-bond acceptors (Lipinski definition) is 2. The van der Waals surface area contributed by atoms with Crippen LogP contribution in [0.4, 0.5) is 0 Å². The van der Waals surface area contributed by atoms with Crippen molar-refractivity contribution in [2.75, 3.05) is 6.54 Å². The van der Waals surface area contributed by atoms with Crippen LogP contribution < -0.4 is 5.73 Å². The van der Waals surface area contributed by atoms with Gasteiger partial charge in [-0.25, -0.2) is 0 Å². The van der Waals surface area contributed by atoms with E-state index in [4.69, 9.17) is 5.73 Å². The molecule has 2 aliphatic carbocycles. The molecule has 2 bridgehead atoms. The van der Waals surface area contributed by atoms with E-state index >= 15 is 0 Å². The second kappa shape index (κ2) is 7.35. The Morgan fingerprint density at radius 3 is 2.62 bits per heavy atom. The molecule has 0 saturated heterocycles. The molecule has 1 aromatic carbocycles. The van der Waals surface area contributed by atoms with Gasteiger partial charge in [0.05, 0.1) is 0 Å².